The Hall–Kier alpha value is -3.74. The molecule has 0 aromatic heterocycles. The summed E-state index contributed by atoms with van der Waals surface area (Å²) >= 11 is 0. The average molecular weight is 428 g/mol. The van der Waals surface area contributed by atoms with E-state index in [9.17, 15) is 8.42 Å². The zero-order valence-corrected chi connectivity index (χ0v) is 17.5. The number of hydrogen-bond donors (Lipinski definition) is 1. The number of nitrogens with two attached hydrogens (primary N) is 1. The lowest BCUT2D eigenvalue weighted by molar-refractivity contribution is 0.598. The van der Waals surface area contributed by atoms with Gasteiger partial charge >= 0.3 is 0 Å². The Labute approximate surface area is 182 Å². The van der Waals surface area contributed by atoms with Crippen molar-refractivity contribution in [2.24, 2.45) is 10.1 Å². The summed E-state index contributed by atoms with van der Waals surface area (Å²) in [6.07, 6.45) is 1.74. The molecule has 0 bridgehead atoms. The summed E-state index contributed by atoms with van der Waals surface area (Å²) in [4.78, 5) is 6.67. The van der Waals surface area contributed by atoms with Gasteiger partial charge in [0.25, 0.3) is 0 Å². The van der Waals surface area contributed by atoms with E-state index in [1.54, 1.807) is 18.3 Å². The zero-order chi connectivity index (χ0) is 21.7. The molecule has 0 atom stereocenters. The minimum absolute atomic E-state index is 0.0673. The van der Waals surface area contributed by atoms with Crippen molar-refractivity contribution in [3.63, 3.8) is 0 Å². The second-order valence-electron chi connectivity index (χ2n) is 6.90. The van der Waals surface area contributed by atoms with Crippen LogP contribution in [-0.4, -0.2) is 14.6 Å². The van der Waals surface area contributed by atoms with E-state index >= 15 is 0 Å². The van der Waals surface area contributed by atoms with Gasteiger partial charge in [0.15, 0.2) is 0 Å². The molecule has 0 saturated carbocycles. The molecular weight excluding hydrogens is 406 g/mol. The van der Waals surface area contributed by atoms with E-state index in [1.165, 1.54) is 12.1 Å². The highest BCUT2D eigenvalue weighted by Gasteiger charge is 2.11. The van der Waals surface area contributed by atoms with Crippen LogP contribution in [0.25, 0.3) is 0 Å². The molecule has 4 aromatic rings. The van der Waals surface area contributed by atoms with Crippen molar-refractivity contribution in [2.75, 3.05) is 4.90 Å². The van der Waals surface area contributed by atoms with Gasteiger partial charge in [0, 0.05) is 23.3 Å². The van der Waals surface area contributed by atoms with Crippen LogP contribution < -0.4 is 10.0 Å². The highest BCUT2D eigenvalue weighted by atomic mass is 32.2. The SMILES string of the molecule is NS(=O)(=O)c1ccc(N=Cc2ccc(N(c3ccccc3)c3ccccc3)cc2)cc1. The van der Waals surface area contributed by atoms with Crippen molar-refractivity contribution in [3.05, 3.63) is 115 Å². The maximum atomic E-state index is 11.4. The van der Waals surface area contributed by atoms with Crippen molar-refractivity contribution in [1.29, 1.82) is 0 Å². The van der Waals surface area contributed by atoms with E-state index in [-0.39, 0.29) is 4.90 Å². The number of anilines is 3. The largest absolute Gasteiger partial charge is 0.311 e. The fraction of sp³-hybridized carbons (Fsp3) is 0. The van der Waals surface area contributed by atoms with Gasteiger partial charge in [0.1, 0.15) is 0 Å². The van der Waals surface area contributed by atoms with Crippen LogP contribution in [0.4, 0.5) is 22.7 Å². The third kappa shape index (κ3) is 5.06. The molecule has 154 valence electrons. The fourth-order valence-corrected chi connectivity index (χ4v) is 3.70. The van der Waals surface area contributed by atoms with Crippen molar-refractivity contribution >= 4 is 39.0 Å². The Morgan fingerprint density at radius 2 is 1.13 bits per heavy atom. The Kier molecular flexibility index (Phi) is 5.93. The summed E-state index contributed by atoms with van der Waals surface area (Å²) in [5.41, 5.74) is 4.76. The molecule has 0 aliphatic rings. The summed E-state index contributed by atoms with van der Waals surface area (Å²) < 4.78 is 22.7. The van der Waals surface area contributed by atoms with Gasteiger partial charge in [-0.3, -0.25) is 4.99 Å². The van der Waals surface area contributed by atoms with Crippen LogP contribution in [0.15, 0.2) is 119 Å². The fourth-order valence-electron chi connectivity index (χ4n) is 3.18. The van der Waals surface area contributed by atoms with Crippen LogP contribution in [0.5, 0.6) is 0 Å². The van der Waals surface area contributed by atoms with Gasteiger partial charge in [-0.05, 0) is 66.2 Å². The lowest BCUT2D eigenvalue weighted by Gasteiger charge is -2.25. The number of sulfonamides is 1. The maximum absolute atomic E-state index is 11.4. The summed E-state index contributed by atoms with van der Waals surface area (Å²) in [5.74, 6) is 0. The molecule has 0 radical (unpaired) electrons. The quantitative estimate of drug-likeness (QED) is 0.410. The topological polar surface area (TPSA) is 75.8 Å². The first-order chi connectivity index (χ1) is 15.0. The van der Waals surface area contributed by atoms with Crippen molar-refractivity contribution in [1.82, 2.24) is 0 Å². The van der Waals surface area contributed by atoms with E-state index in [2.05, 4.69) is 34.2 Å². The van der Waals surface area contributed by atoms with Crippen LogP contribution in [0, 0.1) is 0 Å². The molecule has 0 heterocycles. The standard InChI is InChI=1S/C25H21N3O2S/c26-31(29,30)25-17-13-21(14-18-25)27-19-20-11-15-24(16-12-20)28(22-7-3-1-4-8-22)23-9-5-2-6-10-23/h1-19H,(H2,26,29,30). The molecule has 4 aromatic carbocycles. The summed E-state index contributed by atoms with van der Waals surface area (Å²) in [5, 5.41) is 5.12. The van der Waals surface area contributed by atoms with Gasteiger partial charge in [0.05, 0.1) is 10.6 Å². The van der Waals surface area contributed by atoms with Gasteiger partial charge < -0.3 is 4.90 Å². The maximum Gasteiger partial charge on any atom is 0.238 e. The monoisotopic (exact) mass is 427 g/mol. The molecule has 6 heteroatoms. The molecular formula is C25H21N3O2S. The minimum atomic E-state index is -3.70. The number of rotatable bonds is 6. The Bertz CT molecular complexity index is 1230. The predicted octanol–water partition coefficient (Wildman–Crippen LogP) is 5.55. The van der Waals surface area contributed by atoms with Crippen molar-refractivity contribution in [3.8, 4) is 0 Å². The number of aliphatic imine (C=N–C) groups is 1. The highest BCUT2D eigenvalue weighted by molar-refractivity contribution is 7.89. The van der Waals surface area contributed by atoms with Crippen LogP contribution in [-0.2, 0) is 10.0 Å². The lowest BCUT2D eigenvalue weighted by Crippen LogP contribution is -2.11. The minimum Gasteiger partial charge on any atom is -0.311 e. The second-order valence-corrected chi connectivity index (χ2v) is 8.46. The molecule has 0 aliphatic carbocycles. The normalized spacial score (nSPS) is 11.5. The number of nitrogens with zero attached hydrogens (tertiary/aromatic N) is 2. The van der Waals surface area contributed by atoms with E-state index in [0.29, 0.717) is 5.69 Å². The Morgan fingerprint density at radius 3 is 1.61 bits per heavy atom. The van der Waals surface area contributed by atoms with E-state index in [0.717, 1.165) is 22.6 Å². The molecule has 0 amide bonds. The molecule has 0 aliphatic heterocycles. The zero-order valence-electron chi connectivity index (χ0n) is 16.7. The van der Waals surface area contributed by atoms with Crippen molar-refractivity contribution in [2.45, 2.75) is 4.90 Å². The Morgan fingerprint density at radius 1 is 0.645 bits per heavy atom. The van der Waals surface area contributed by atoms with Crippen molar-refractivity contribution < 1.29 is 8.42 Å². The molecule has 5 nitrogen and oxygen atoms in total. The number of hydrogen-bond acceptors (Lipinski definition) is 4. The van der Waals surface area contributed by atoms with Crippen LogP contribution >= 0.6 is 0 Å². The van der Waals surface area contributed by atoms with Crippen LogP contribution in [0.3, 0.4) is 0 Å². The molecule has 0 spiro atoms. The second kappa shape index (κ2) is 8.95. The lowest BCUT2D eigenvalue weighted by atomic mass is 10.1. The summed E-state index contributed by atoms with van der Waals surface area (Å²) in [6, 6.07) is 34.6. The van der Waals surface area contributed by atoms with Gasteiger partial charge in [0.2, 0.25) is 10.0 Å². The smallest absolute Gasteiger partial charge is 0.238 e. The Balaban J connectivity index is 1.58. The van der Waals surface area contributed by atoms with Crippen LogP contribution in [0.1, 0.15) is 5.56 Å². The number of para-hydroxylation sites is 2. The molecule has 31 heavy (non-hydrogen) atoms. The van der Waals surface area contributed by atoms with Gasteiger partial charge in [-0.1, -0.05) is 48.5 Å². The molecule has 0 saturated heterocycles. The highest BCUT2D eigenvalue weighted by Crippen LogP contribution is 2.33. The predicted molar refractivity (Wildman–Crippen MR) is 126 cm³/mol. The van der Waals surface area contributed by atoms with Gasteiger partial charge in [-0.15, -0.1) is 0 Å². The molecule has 0 unspecified atom stereocenters. The van der Waals surface area contributed by atoms with Gasteiger partial charge in [-0.2, -0.15) is 0 Å². The van der Waals surface area contributed by atoms with E-state index in [4.69, 9.17) is 5.14 Å². The average Bonchev–Trinajstić information content (AvgIpc) is 2.80. The summed E-state index contributed by atoms with van der Waals surface area (Å²) in [7, 11) is -3.70. The number of benzene rings is 4. The van der Waals surface area contributed by atoms with E-state index in [1.807, 2.05) is 60.7 Å². The first kappa shape index (κ1) is 20.5. The van der Waals surface area contributed by atoms with E-state index < -0.39 is 10.0 Å². The molecule has 4 rings (SSSR count). The first-order valence-electron chi connectivity index (χ1n) is 9.68. The third-order valence-corrected chi connectivity index (χ3v) is 5.64. The summed E-state index contributed by atoms with van der Waals surface area (Å²) in [6.45, 7) is 0. The first-order valence-corrected chi connectivity index (χ1v) is 11.2. The molecule has 0 fully saturated rings. The third-order valence-electron chi connectivity index (χ3n) is 4.71. The van der Waals surface area contributed by atoms with Crippen LogP contribution in [0.2, 0.25) is 0 Å². The van der Waals surface area contributed by atoms with Gasteiger partial charge in [-0.25, -0.2) is 13.6 Å². The molecule has 2 N–H and O–H groups in total. The number of primary sulfonamides is 1.